The number of hydrogen-bond donors (Lipinski definition) is 0. The Balaban J connectivity index is 1.66. The van der Waals surface area contributed by atoms with Crippen LogP contribution >= 0.6 is 0 Å². The molecule has 0 radical (unpaired) electrons. The molecule has 0 fully saturated rings. The second-order valence-electron chi connectivity index (χ2n) is 7.32. The summed E-state index contributed by atoms with van der Waals surface area (Å²) >= 11 is 0. The molecule has 3 rings (SSSR count). The monoisotopic (exact) mass is 478 g/mol. The summed E-state index contributed by atoms with van der Waals surface area (Å²) in [6, 6.07) is 13.0. The fourth-order valence-electron chi connectivity index (χ4n) is 3.14. The van der Waals surface area contributed by atoms with E-state index in [1.165, 1.54) is 6.07 Å². The topological polar surface area (TPSA) is 27.7 Å². The van der Waals surface area contributed by atoms with E-state index in [1.54, 1.807) is 19.1 Å². The summed E-state index contributed by atoms with van der Waals surface area (Å²) < 4.78 is 84.8. The van der Waals surface area contributed by atoms with E-state index in [1.807, 2.05) is 18.2 Å². The Morgan fingerprint density at radius 1 is 0.824 bits per heavy atom. The minimum atomic E-state index is -4.02. The zero-order chi connectivity index (χ0) is 24.7. The molecule has 0 aliphatic heterocycles. The Hall–Kier alpha value is -3.55. The number of allylic oxidation sites excluding steroid dienone is 1. The van der Waals surface area contributed by atoms with E-state index >= 15 is 0 Å². The van der Waals surface area contributed by atoms with Crippen LogP contribution in [-0.2, 0) is 6.42 Å². The molecule has 0 heterocycles. The molecule has 34 heavy (non-hydrogen) atoms. The molecular formula is C26H23F5O3. The van der Waals surface area contributed by atoms with Crippen LogP contribution in [0.3, 0.4) is 0 Å². The van der Waals surface area contributed by atoms with Crippen molar-refractivity contribution in [3.8, 4) is 28.4 Å². The Kier molecular flexibility index (Phi) is 8.15. The third kappa shape index (κ3) is 6.27. The molecule has 0 saturated heterocycles. The predicted molar refractivity (Wildman–Crippen MR) is 119 cm³/mol. The van der Waals surface area contributed by atoms with Gasteiger partial charge < -0.3 is 14.2 Å². The molecule has 0 unspecified atom stereocenters. The molecule has 3 aromatic carbocycles. The molecule has 3 aromatic rings. The van der Waals surface area contributed by atoms with Crippen LogP contribution in [0.1, 0.15) is 18.9 Å². The van der Waals surface area contributed by atoms with Crippen LogP contribution in [0.25, 0.3) is 11.1 Å². The van der Waals surface area contributed by atoms with Crippen LogP contribution in [0.2, 0.25) is 0 Å². The van der Waals surface area contributed by atoms with Gasteiger partial charge in [0.2, 0.25) is 11.6 Å². The smallest absolute Gasteiger partial charge is 0.433 e. The maximum absolute atomic E-state index is 14.5. The molecule has 0 aromatic heterocycles. The van der Waals surface area contributed by atoms with Crippen molar-refractivity contribution in [2.75, 3.05) is 13.2 Å². The van der Waals surface area contributed by atoms with Crippen LogP contribution in [0.5, 0.6) is 17.2 Å². The molecular weight excluding hydrogens is 455 g/mol. The molecule has 180 valence electrons. The SMILES string of the molecule is C=CCCc1ccc(-c2ccc(OC(F)(F)COc3ccc(OCC)c(F)c3F)c(F)c2)cc1. The van der Waals surface area contributed by atoms with Crippen molar-refractivity contribution in [1.29, 1.82) is 0 Å². The van der Waals surface area contributed by atoms with Crippen molar-refractivity contribution >= 4 is 0 Å². The molecule has 8 heteroatoms. The van der Waals surface area contributed by atoms with Crippen molar-refractivity contribution in [3.05, 3.63) is 90.3 Å². The van der Waals surface area contributed by atoms with Gasteiger partial charge >= 0.3 is 6.11 Å². The van der Waals surface area contributed by atoms with Crippen molar-refractivity contribution in [1.82, 2.24) is 0 Å². The van der Waals surface area contributed by atoms with Gasteiger partial charge in [-0.25, -0.2) is 4.39 Å². The molecule has 0 amide bonds. The van der Waals surface area contributed by atoms with Crippen molar-refractivity contribution < 1.29 is 36.2 Å². The summed E-state index contributed by atoms with van der Waals surface area (Å²) in [6.45, 7) is 3.88. The fourth-order valence-corrected chi connectivity index (χ4v) is 3.14. The van der Waals surface area contributed by atoms with E-state index in [-0.39, 0.29) is 12.4 Å². The average Bonchev–Trinajstić information content (AvgIpc) is 2.82. The van der Waals surface area contributed by atoms with E-state index in [0.29, 0.717) is 11.1 Å². The lowest BCUT2D eigenvalue weighted by molar-refractivity contribution is -0.197. The molecule has 3 nitrogen and oxygen atoms in total. The summed E-state index contributed by atoms with van der Waals surface area (Å²) in [5, 5.41) is 0. The van der Waals surface area contributed by atoms with Crippen LogP contribution in [0.15, 0.2) is 67.3 Å². The van der Waals surface area contributed by atoms with Crippen LogP contribution in [0, 0.1) is 17.5 Å². The summed E-state index contributed by atoms with van der Waals surface area (Å²) in [4.78, 5) is 0. The lowest BCUT2D eigenvalue weighted by atomic mass is 10.0. The Morgan fingerprint density at radius 2 is 1.41 bits per heavy atom. The van der Waals surface area contributed by atoms with Crippen LogP contribution in [0.4, 0.5) is 22.0 Å². The highest BCUT2D eigenvalue weighted by atomic mass is 19.3. The quantitative estimate of drug-likeness (QED) is 0.213. The van der Waals surface area contributed by atoms with Crippen LogP contribution < -0.4 is 14.2 Å². The average molecular weight is 478 g/mol. The number of ether oxygens (including phenoxy) is 3. The van der Waals surface area contributed by atoms with Gasteiger partial charge in [-0.3, -0.25) is 0 Å². The minimum absolute atomic E-state index is 0.0911. The minimum Gasteiger partial charge on any atom is -0.491 e. The van der Waals surface area contributed by atoms with Crippen molar-refractivity contribution in [3.63, 3.8) is 0 Å². The lowest BCUT2D eigenvalue weighted by Gasteiger charge is -2.19. The Labute approximate surface area is 194 Å². The normalized spacial score (nSPS) is 11.2. The first kappa shape index (κ1) is 25.1. The summed E-state index contributed by atoms with van der Waals surface area (Å²) in [5.74, 6) is -5.68. The maximum atomic E-state index is 14.5. The van der Waals surface area contributed by atoms with Gasteiger partial charge in [-0.2, -0.15) is 17.6 Å². The molecule has 0 bridgehead atoms. The summed E-state index contributed by atoms with van der Waals surface area (Å²) in [7, 11) is 0. The number of rotatable bonds is 11. The van der Waals surface area contributed by atoms with Gasteiger partial charge in [0, 0.05) is 0 Å². The first-order chi connectivity index (χ1) is 16.2. The largest absolute Gasteiger partial charge is 0.491 e. The van der Waals surface area contributed by atoms with E-state index in [4.69, 9.17) is 4.74 Å². The fraction of sp³-hybridized carbons (Fsp3) is 0.231. The van der Waals surface area contributed by atoms with Crippen molar-refractivity contribution in [2.45, 2.75) is 25.9 Å². The zero-order valence-corrected chi connectivity index (χ0v) is 18.4. The van der Waals surface area contributed by atoms with Gasteiger partial charge in [0.25, 0.3) is 0 Å². The van der Waals surface area contributed by atoms with Crippen LogP contribution in [-0.4, -0.2) is 19.3 Å². The zero-order valence-electron chi connectivity index (χ0n) is 18.4. The highest BCUT2D eigenvalue weighted by Gasteiger charge is 2.35. The van der Waals surface area contributed by atoms with E-state index in [9.17, 15) is 22.0 Å². The number of benzene rings is 3. The molecule has 0 atom stereocenters. The second kappa shape index (κ2) is 11.0. The number of aryl methyl sites for hydroxylation is 1. The molecule has 0 saturated carbocycles. The third-order valence-corrected chi connectivity index (χ3v) is 4.82. The lowest BCUT2D eigenvalue weighted by Crippen LogP contribution is -2.33. The summed E-state index contributed by atoms with van der Waals surface area (Å²) in [5.41, 5.74) is 2.27. The van der Waals surface area contributed by atoms with E-state index in [0.717, 1.165) is 42.7 Å². The van der Waals surface area contributed by atoms with Gasteiger partial charge in [-0.05, 0) is 60.7 Å². The van der Waals surface area contributed by atoms with E-state index < -0.39 is 41.7 Å². The van der Waals surface area contributed by atoms with Gasteiger partial charge in [-0.15, -0.1) is 6.58 Å². The van der Waals surface area contributed by atoms with Gasteiger partial charge in [0.1, 0.15) is 0 Å². The standard InChI is InChI=1S/C26H23F5O3/c1-3-5-6-17-7-9-18(10-8-17)19-11-12-21(20(27)15-19)34-26(30,31)16-33-23-14-13-22(32-4-2)24(28)25(23)29/h3,7-15H,1,4-6,16H2,2H3. The molecule has 0 aliphatic carbocycles. The molecule has 0 spiro atoms. The highest BCUT2D eigenvalue weighted by molar-refractivity contribution is 5.64. The third-order valence-electron chi connectivity index (χ3n) is 4.82. The number of alkyl halides is 2. The Morgan fingerprint density at radius 3 is 2.00 bits per heavy atom. The van der Waals surface area contributed by atoms with Crippen molar-refractivity contribution in [2.24, 2.45) is 0 Å². The predicted octanol–water partition coefficient (Wildman–Crippen LogP) is 7.34. The highest BCUT2D eigenvalue weighted by Crippen LogP contribution is 2.32. The first-order valence-electron chi connectivity index (χ1n) is 10.5. The molecule has 0 aliphatic rings. The first-order valence-corrected chi connectivity index (χ1v) is 10.5. The van der Waals surface area contributed by atoms with Gasteiger partial charge in [0.15, 0.2) is 29.7 Å². The Bertz CT molecular complexity index is 1130. The maximum Gasteiger partial charge on any atom is 0.433 e. The second-order valence-corrected chi connectivity index (χ2v) is 7.32. The summed E-state index contributed by atoms with van der Waals surface area (Å²) in [6.07, 6.45) is -0.542. The number of hydrogen-bond acceptors (Lipinski definition) is 3. The van der Waals surface area contributed by atoms with E-state index in [2.05, 4.69) is 16.1 Å². The molecule has 0 N–H and O–H groups in total. The van der Waals surface area contributed by atoms with Gasteiger partial charge in [-0.1, -0.05) is 36.4 Å². The number of halogens is 5. The van der Waals surface area contributed by atoms with Gasteiger partial charge in [0.05, 0.1) is 6.61 Å².